The Morgan fingerprint density at radius 3 is 2.83 bits per heavy atom. The summed E-state index contributed by atoms with van der Waals surface area (Å²) >= 11 is 0. The third-order valence-electron chi connectivity index (χ3n) is 3.50. The Labute approximate surface area is 106 Å². The van der Waals surface area contributed by atoms with E-state index < -0.39 is 0 Å². The normalized spacial score (nSPS) is 15.4. The van der Waals surface area contributed by atoms with Gasteiger partial charge < -0.3 is 15.7 Å². The number of carbonyl (C=O) groups is 1. The molecule has 100 valence electrons. The highest BCUT2D eigenvalue weighted by molar-refractivity contribution is 5.97. The molecule has 0 aromatic carbocycles. The fourth-order valence-electron chi connectivity index (χ4n) is 2.24. The van der Waals surface area contributed by atoms with Gasteiger partial charge >= 0.3 is 0 Å². The number of nitrogens with two attached hydrogens (primary N) is 1. The molecule has 1 aromatic heterocycles. The summed E-state index contributed by atoms with van der Waals surface area (Å²) in [5.41, 5.74) is 6.65. The van der Waals surface area contributed by atoms with Crippen LogP contribution in [0.2, 0.25) is 0 Å². The van der Waals surface area contributed by atoms with E-state index in [0.717, 1.165) is 19.3 Å². The lowest BCUT2D eigenvalue weighted by Crippen LogP contribution is -2.45. The molecule has 0 aliphatic heterocycles. The fraction of sp³-hybridized carbons (Fsp3) is 0.667. The molecule has 1 amide bonds. The minimum absolute atomic E-state index is 0.0781. The first-order chi connectivity index (χ1) is 8.65. The highest BCUT2D eigenvalue weighted by Crippen LogP contribution is 2.27. The van der Waals surface area contributed by atoms with Gasteiger partial charge in [0.1, 0.15) is 5.69 Å². The molecular weight excluding hydrogens is 232 g/mol. The average molecular weight is 252 g/mol. The Hall–Kier alpha value is -1.56. The number of carbonyl (C=O) groups excluding carboxylic acids is 1. The SMILES string of the molecule is Cn1ncc(N)c1C(=O)N(CCCO)C1CCC1. The molecule has 0 bridgehead atoms. The second-order valence-corrected chi connectivity index (χ2v) is 4.73. The quantitative estimate of drug-likeness (QED) is 0.793. The molecular formula is C12H20N4O2. The van der Waals surface area contributed by atoms with E-state index in [1.54, 1.807) is 7.05 Å². The molecule has 3 N–H and O–H groups in total. The van der Waals surface area contributed by atoms with Crippen LogP contribution in [-0.4, -0.2) is 44.9 Å². The number of nitrogen functional groups attached to an aromatic ring is 1. The second-order valence-electron chi connectivity index (χ2n) is 4.73. The molecule has 0 atom stereocenters. The Balaban J connectivity index is 2.16. The van der Waals surface area contributed by atoms with Gasteiger partial charge in [-0.15, -0.1) is 0 Å². The van der Waals surface area contributed by atoms with Crippen molar-refractivity contribution in [2.45, 2.75) is 31.7 Å². The zero-order chi connectivity index (χ0) is 13.1. The lowest BCUT2D eigenvalue weighted by molar-refractivity contribution is 0.0552. The van der Waals surface area contributed by atoms with Crippen LogP contribution in [0.15, 0.2) is 6.20 Å². The van der Waals surface area contributed by atoms with Gasteiger partial charge in [-0.2, -0.15) is 5.10 Å². The molecule has 1 fully saturated rings. The number of amides is 1. The van der Waals surface area contributed by atoms with E-state index in [-0.39, 0.29) is 12.5 Å². The smallest absolute Gasteiger partial charge is 0.274 e. The predicted octanol–water partition coefficient (Wildman–Crippen LogP) is 0.379. The minimum Gasteiger partial charge on any atom is -0.396 e. The summed E-state index contributed by atoms with van der Waals surface area (Å²) < 4.78 is 1.52. The molecule has 6 nitrogen and oxygen atoms in total. The van der Waals surface area contributed by atoms with Crippen molar-refractivity contribution in [3.63, 3.8) is 0 Å². The van der Waals surface area contributed by atoms with Crippen LogP contribution < -0.4 is 5.73 Å². The van der Waals surface area contributed by atoms with Crippen LogP contribution in [0.4, 0.5) is 5.69 Å². The van der Waals surface area contributed by atoms with Crippen LogP contribution in [0.25, 0.3) is 0 Å². The van der Waals surface area contributed by atoms with Crippen molar-refractivity contribution in [3.05, 3.63) is 11.9 Å². The number of aliphatic hydroxyl groups is 1. The molecule has 2 rings (SSSR count). The van der Waals surface area contributed by atoms with E-state index in [0.29, 0.717) is 30.4 Å². The van der Waals surface area contributed by atoms with Crippen molar-refractivity contribution in [1.82, 2.24) is 14.7 Å². The second kappa shape index (κ2) is 5.39. The van der Waals surface area contributed by atoms with Crippen LogP contribution in [-0.2, 0) is 7.05 Å². The molecule has 0 saturated heterocycles. The number of nitrogens with zero attached hydrogens (tertiary/aromatic N) is 3. The van der Waals surface area contributed by atoms with Gasteiger partial charge in [-0.3, -0.25) is 9.48 Å². The number of rotatable bonds is 5. The third-order valence-corrected chi connectivity index (χ3v) is 3.50. The van der Waals surface area contributed by atoms with Crippen LogP contribution in [0.3, 0.4) is 0 Å². The van der Waals surface area contributed by atoms with Gasteiger partial charge in [-0.1, -0.05) is 0 Å². The van der Waals surface area contributed by atoms with Gasteiger partial charge in [0.05, 0.1) is 11.9 Å². The maximum Gasteiger partial charge on any atom is 0.274 e. The van der Waals surface area contributed by atoms with E-state index in [4.69, 9.17) is 10.8 Å². The number of aliphatic hydroxyl groups excluding tert-OH is 1. The number of hydrogen-bond donors (Lipinski definition) is 2. The maximum atomic E-state index is 12.5. The van der Waals surface area contributed by atoms with Crippen molar-refractivity contribution in [1.29, 1.82) is 0 Å². The lowest BCUT2D eigenvalue weighted by Gasteiger charge is -2.37. The number of aromatic nitrogens is 2. The van der Waals surface area contributed by atoms with Gasteiger partial charge in [0.2, 0.25) is 0 Å². The predicted molar refractivity (Wildman–Crippen MR) is 68.0 cm³/mol. The summed E-state index contributed by atoms with van der Waals surface area (Å²) in [6.45, 7) is 0.669. The van der Waals surface area contributed by atoms with Crippen LogP contribution in [0.1, 0.15) is 36.2 Å². The molecule has 0 unspecified atom stereocenters. The third kappa shape index (κ3) is 2.33. The Kier molecular flexibility index (Phi) is 3.86. The molecule has 0 radical (unpaired) electrons. The maximum absolute atomic E-state index is 12.5. The zero-order valence-corrected chi connectivity index (χ0v) is 10.7. The standard InChI is InChI=1S/C12H20N4O2/c1-15-11(10(13)8-14-15)12(18)16(6-3-7-17)9-4-2-5-9/h8-9,17H,2-7,13H2,1H3. The number of anilines is 1. The Morgan fingerprint density at radius 2 is 2.39 bits per heavy atom. The summed E-state index contributed by atoms with van der Waals surface area (Å²) in [6.07, 6.45) is 5.33. The topological polar surface area (TPSA) is 84.4 Å². The summed E-state index contributed by atoms with van der Waals surface area (Å²) in [7, 11) is 1.72. The van der Waals surface area contributed by atoms with Crippen molar-refractivity contribution < 1.29 is 9.90 Å². The van der Waals surface area contributed by atoms with Gasteiger partial charge in [-0.25, -0.2) is 0 Å². The molecule has 1 saturated carbocycles. The van der Waals surface area contributed by atoms with Crippen LogP contribution in [0, 0.1) is 0 Å². The Bertz CT molecular complexity index is 406. The summed E-state index contributed by atoms with van der Waals surface area (Å²) in [5.74, 6) is -0.0781. The van der Waals surface area contributed by atoms with Crippen molar-refractivity contribution in [2.75, 3.05) is 18.9 Å². The molecule has 1 aliphatic rings. The molecule has 1 aromatic rings. The van der Waals surface area contributed by atoms with E-state index in [2.05, 4.69) is 5.10 Å². The average Bonchev–Trinajstić information content (AvgIpc) is 2.61. The van der Waals surface area contributed by atoms with Crippen LogP contribution in [0.5, 0.6) is 0 Å². The number of hydrogen-bond acceptors (Lipinski definition) is 4. The summed E-state index contributed by atoms with van der Waals surface area (Å²) in [6, 6.07) is 0.290. The molecule has 6 heteroatoms. The molecule has 1 heterocycles. The zero-order valence-electron chi connectivity index (χ0n) is 10.7. The van der Waals surface area contributed by atoms with Gasteiger partial charge in [0.15, 0.2) is 0 Å². The lowest BCUT2D eigenvalue weighted by atomic mass is 9.91. The largest absolute Gasteiger partial charge is 0.396 e. The number of aryl methyl sites for hydroxylation is 1. The first-order valence-electron chi connectivity index (χ1n) is 6.34. The molecule has 0 spiro atoms. The molecule has 1 aliphatic carbocycles. The Morgan fingerprint density at radius 1 is 1.67 bits per heavy atom. The van der Waals surface area contributed by atoms with Gasteiger partial charge in [-0.05, 0) is 25.7 Å². The molecule has 18 heavy (non-hydrogen) atoms. The summed E-state index contributed by atoms with van der Waals surface area (Å²) in [5, 5.41) is 12.9. The van der Waals surface area contributed by atoms with Gasteiger partial charge in [0, 0.05) is 26.2 Å². The van der Waals surface area contributed by atoms with Crippen molar-refractivity contribution >= 4 is 11.6 Å². The minimum atomic E-state index is -0.0781. The monoisotopic (exact) mass is 252 g/mol. The highest BCUT2D eigenvalue weighted by atomic mass is 16.3. The van der Waals surface area contributed by atoms with Gasteiger partial charge in [0.25, 0.3) is 5.91 Å². The van der Waals surface area contributed by atoms with Crippen molar-refractivity contribution in [2.24, 2.45) is 7.05 Å². The fourth-order valence-corrected chi connectivity index (χ4v) is 2.24. The first kappa shape index (κ1) is 12.9. The van der Waals surface area contributed by atoms with E-state index in [9.17, 15) is 4.79 Å². The van der Waals surface area contributed by atoms with Crippen LogP contribution >= 0.6 is 0 Å². The summed E-state index contributed by atoms with van der Waals surface area (Å²) in [4.78, 5) is 14.3. The van der Waals surface area contributed by atoms with E-state index >= 15 is 0 Å². The van der Waals surface area contributed by atoms with E-state index in [1.807, 2.05) is 4.90 Å². The van der Waals surface area contributed by atoms with Crippen molar-refractivity contribution in [3.8, 4) is 0 Å². The van der Waals surface area contributed by atoms with E-state index in [1.165, 1.54) is 10.9 Å². The first-order valence-corrected chi connectivity index (χ1v) is 6.34. The highest BCUT2D eigenvalue weighted by Gasteiger charge is 2.31.